The highest BCUT2D eigenvalue weighted by molar-refractivity contribution is 5.93. The van der Waals surface area contributed by atoms with Crippen molar-refractivity contribution in [1.29, 1.82) is 0 Å². The average molecular weight is 402 g/mol. The molecule has 3 aromatic rings. The van der Waals surface area contributed by atoms with Gasteiger partial charge in [-0.3, -0.25) is 14.4 Å². The fraction of sp³-hybridized carbons (Fsp3) is 0.143. The maximum absolute atomic E-state index is 12.4. The topological polar surface area (TPSA) is 126 Å². The minimum Gasteiger partial charge on any atom is -0.345 e. The van der Waals surface area contributed by atoms with Gasteiger partial charge in [0.05, 0.1) is 36.7 Å². The summed E-state index contributed by atoms with van der Waals surface area (Å²) in [5, 5.41) is 8.22. The van der Waals surface area contributed by atoms with E-state index in [9.17, 15) is 14.4 Å². The van der Waals surface area contributed by atoms with Crippen LogP contribution in [0.25, 0.3) is 0 Å². The van der Waals surface area contributed by atoms with Crippen molar-refractivity contribution in [3.05, 3.63) is 88.8 Å². The normalized spacial score (nSPS) is 14.6. The van der Waals surface area contributed by atoms with E-state index in [1.54, 1.807) is 54.6 Å². The number of carbonyl (C=O) groups is 3. The molecule has 0 aromatic carbocycles. The van der Waals surface area contributed by atoms with E-state index in [1.807, 2.05) is 0 Å². The maximum atomic E-state index is 12.4. The largest absolute Gasteiger partial charge is 0.345 e. The summed E-state index contributed by atoms with van der Waals surface area (Å²) in [4.78, 5) is 50.2. The van der Waals surface area contributed by atoms with E-state index >= 15 is 0 Å². The maximum Gasteiger partial charge on any atom is 0.270 e. The van der Waals surface area contributed by atoms with Crippen molar-refractivity contribution in [2.24, 2.45) is 0 Å². The van der Waals surface area contributed by atoms with Crippen molar-refractivity contribution in [3.8, 4) is 0 Å². The van der Waals surface area contributed by atoms with Crippen molar-refractivity contribution in [3.63, 3.8) is 0 Å². The molecule has 0 unspecified atom stereocenters. The summed E-state index contributed by atoms with van der Waals surface area (Å²) in [7, 11) is 0. The van der Waals surface area contributed by atoms with Crippen LogP contribution in [-0.2, 0) is 19.6 Å². The first-order chi connectivity index (χ1) is 14.6. The molecular formula is C21H18N6O3. The highest BCUT2D eigenvalue weighted by atomic mass is 16.2. The standard InChI is InChI=1S/C21H18N6O3/c28-19-16-7-1-4-13(25-16)10-22-20(29)17-8-3-6-15(27-17)12-24-21(30)18-9-2-5-14(26-18)11-23-19/h1-9H,10-12H2,(H,22,29)(H,23,28)(H,24,30). The lowest BCUT2D eigenvalue weighted by molar-refractivity contribution is 0.0941. The Kier molecular flexibility index (Phi) is 5.42. The van der Waals surface area contributed by atoms with Crippen LogP contribution in [0.1, 0.15) is 48.5 Å². The summed E-state index contributed by atoms with van der Waals surface area (Å²) in [5.74, 6) is -1.14. The number of carbonyl (C=O) groups excluding carboxylic acids is 3. The Balaban J connectivity index is 1.66. The molecule has 0 radical (unpaired) electrons. The van der Waals surface area contributed by atoms with Gasteiger partial charge in [0.15, 0.2) is 0 Å². The summed E-state index contributed by atoms with van der Waals surface area (Å²) in [6, 6.07) is 15.0. The van der Waals surface area contributed by atoms with Gasteiger partial charge in [-0.15, -0.1) is 0 Å². The SMILES string of the molecule is O=C1NCc2cccc(n2)C(=O)NCc2cccc(n2)C(=O)NCc2cccc1n2. The van der Waals surface area contributed by atoms with Crippen LogP contribution >= 0.6 is 0 Å². The molecule has 150 valence electrons. The Morgan fingerprint density at radius 2 is 0.800 bits per heavy atom. The molecule has 9 heteroatoms. The van der Waals surface area contributed by atoms with E-state index in [-0.39, 0.29) is 54.4 Å². The third-order valence-corrected chi connectivity index (χ3v) is 4.41. The van der Waals surface area contributed by atoms with Gasteiger partial charge in [-0.2, -0.15) is 0 Å². The van der Waals surface area contributed by atoms with Crippen LogP contribution in [0.4, 0.5) is 0 Å². The fourth-order valence-corrected chi connectivity index (χ4v) is 2.90. The lowest BCUT2D eigenvalue weighted by Crippen LogP contribution is -2.29. The van der Waals surface area contributed by atoms with Crippen molar-refractivity contribution in [2.75, 3.05) is 0 Å². The average Bonchev–Trinajstić information content (AvgIpc) is 2.79. The van der Waals surface area contributed by atoms with Crippen molar-refractivity contribution in [2.45, 2.75) is 19.6 Å². The summed E-state index contributed by atoms with van der Waals surface area (Å²) < 4.78 is 0. The first kappa shape index (κ1) is 19.2. The zero-order valence-corrected chi connectivity index (χ0v) is 15.9. The zero-order chi connectivity index (χ0) is 20.9. The molecule has 4 heterocycles. The van der Waals surface area contributed by atoms with Crippen LogP contribution in [0.2, 0.25) is 0 Å². The molecule has 6 bridgehead atoms. The molecule has 3 amide bonds. The van der Waals surface area contributed by atoms with Crippen molar-refractivity contribution in [1.82, 2.24) is 30.9 Å². The first-order valence-corrected chi connectivity index (χ1v) is 9.31. The van der Waals surface area contributed by atoms with E-state index in [0.29, 0.717) is 17.1 Å². The van der Waals surface area contributed by atoms with Gasteiger partial charge in [0, 0.05) is 0 Å². The van der Waals surface area contributed by atoms with E-state index in [2.05, 4.69) is 30.9 Å². The molecule has 1 aliphatic rings. The lowest BCUT2D eigenvalue weighted by atomic mass is 10.2. The second-order valence-corrected chi connectivity index (χ2v) is 6.59. The van der Waals surface area contributed by atoms with Crippen LogP contribution in [0.15, 0.2) is 54.6 Å². The van der Waals surface area contributed by atoms with E-state index in [0.717, 1.165) is 0 Å². The van der Waals surface area contributed by atoms with E-state index < -0.39 is 0 Å². The molecule has 3 N–H and O–H groups in total. The van der Waals surface area contributed by atoms with Gasteiger partial charge in [0.2, 0.25) is 0 Å². The second kappa shape index (κ2) is 8.48. The smallest absolute Gasteiger partial charge is 0.270 e. The molecular weight excluding hydrogens is 384 g/mol. The monoisotopic (exact) mass is 402 g/mol. The molecule has 0 saturated carbocycles. The second-order valence-electron chi connectivity index (χ2n) is 6.59. The molecule has 9 nitrogen and oxygen atoms in total. The predicted octanol–water partition coefficient (Wildman–Crippen LogP) is 0.975. The number of hydrogen-bond donors (Lipinski definition) is 3. The van der Waals surface area contributed by atoms with Crippen molar-refractivity contribution < 1.29 is 14.4 Å². The quantitative estimate of drug-likeness (QED) is 0.515. The summed E-state index contributed by atoms with van der Waals surface area (Å²) in [6.45, 7) is 0.435. The molecule has 3 aromatic heterocycles. The number of nitrogens with one attached hydrogen (secondary N) is 3. The number of hydrogen-bond acceptors (Lipinski definition) is 6. The fourth-order valence-electron chi connectivity index (χ4n) is 2.90. The summed E-state index contributed by atoms with van der Waals surface area (Å²) in [6.07, 6.45) is 0. The Bertz CT molecular complexity index is 990. The Morgan fingerprint density at radius 3 is 1.10 bits per heavy atom. The van der Waals surface area contributed by atoms with E-state index in [4.69, 9.17) is 0 Å². The Labute approximate surface area is 172 Å². The van der Waals surface area contributed by atoms with Crippen LogP contribution in [-0.4, -0.2) is 32.7 Å². The highest BCUT2D eigenvalue weighted by Gasteiger charge is 2.13. The molecule has 0 aliphatic carbocycles. The van der Waals surface area contributed by atoms with Crippen LogP contribution < -0.4 is 16.0 Å². The van der Waals surface area contributed by atoms with Gasteiger partial charge in [-0.1, -0.05) is 18.2 Å². The number of pyridine rings is 3. The van der Waals surface area contributed by atoms with Gasteiger partial charge in [0.25, 0.3) is 17.7 Å². The van der Waals surface area contributed by atoms with Gasteiger partial charge in [-0.25, -0.2) is 15.0 Å². The molecule has 0 saturated heterocycles. The molecule has 0 atom stereocenters. The molecule has 4 rings (SSSR count). The van der Waals surface area contributed by atoms with E-state index in [1.165, 1.54) is 0 Å². The Hall–Kier alpha value is -4.14. The predicted molar refractivity (Wildman–Crippen MR) is 106 cm³/mol. The number of nitrogens with zero attached hydrogens (tertiary/aromatic N) is 3. The van der Waals surface area contributed by atoms with Crippen LogP contribution in [0.3, 0.4) is 0 Å². The highest BCUT2D eigenvalue weighted by Crippen LogP contribution is 2.05. The molecule has 1 aliphatic heterocycles. The minimum absolute atomic E-state index is 0.145. The molecule has 0 spiro atoms. The van der Waals surface area contributed by atoms with Crippen LogP contribution in [0.5, 0.6) is 0 Å². The summed E-state index contributed by atoms with van der Waals surface area (Å²) >= 11 is 0. The van der Waals surface area contributed by atoms with Crippen molar-refractivity contribution >= 4 is 17.7 Å². The number of fused-ring (bicyclic) bond motifs is 6. The lowest BCUT2D eigenvalue weighted by Gasteiger charge is -2.10. The third kappa shape index (κ3) is 4.46. The van der Waals surface area contributed by atoms with Gasteiger partial charge >= 0.3 is 0 Å². The molecule has 0 fully saturated rings. The molecule has 30 heavy (non-hydrogen) atoms. The zero-order valence-electron chi connectivity index (χ0n) is 15.9. The number of aromatic nitrogens is 3. The van der Waals surface area contributed by atoms with Crippen LogP contribution in [0, 0.1) is 0 Å². The number of amides is 3. The minimum atomic E-state index is -0.379. The van der Waals surface area contributed by atoms with Gasteiger partial charge in [0.1, 0.15) is 17.1 Å². The van der Waals surface area contributed by atoms with Gasteiger partial charge < -0.3 is 16.0 Å². The van der Waals surface area contributed by atoms with Gasteiger partial charge in [-0.05, 0) is 36.4 Å². The number of rotatable bonds is 0. The summed E-state index contributed by atoms with van der Waals surface area (Å²) in [5.41, 5.74) is 2.28. The third-order valence-electron chi connectivity index (χ3n) is 4.41. The first-order valence-electron chi connectivity index (χ1n) is 9.31. The Morgan fingerprint density at radius 1 is 0.500 bits per heavy atom.